The molecule has 1 aromatic heterocycles. The Bertz CT molecular complexity index is 1310. The maximum absolute atomic E-state index is 12.7. The molecule has 4 rings (SSSR count). The van der Waals surface area contributed by atoms with Crippen LogP contribution in [0.3, 0.4) is 0 Å². The summed E-state index contributed by atoms with van der Waals surface area (Å²) < 4.78 is 26.3. The molecule has 11 heteroatoms. The van der Waals surface area contributed by atoms with Crippen molar-refractivity contribution in [1.29, 1.82) is 0 Å². The molecule has 9 nitrogen and oxygen atoms in total. The molecule has 0 bridgehead atoms. The van der Waals surface area contributed by atoms with Crippen molar-refractivity contribution in [3.8, 4) is 0 Å². The van der Waals surface area contributed by atoms with Gasteiger partial charge in [0.05, 0.1) is 26.2 Å². The van der Waals surface area contributed by atoms with Crippen LogP contribution in [0.2, 0.25) is 0 Å². The number of anilines is 1. The van der Waals surface area contributed by atoms with E-state index in [1.165, 1.54) is 33.2 Å². The van der Waals surface area contributed by atoms with Crippen molar-refractivity contribution in [2.45, 2.75) is 17.9 Å². The topological polar surface area (TPSA) is 117 Å². The number of nitrogens with one attached hydrogen (secondary N) is 1. The summed E-state index contributed by atoms with van der Waals surface area (Å²) in [6.45, 7) is 1.46. The zero-order valence-corrected chi connectivity index (χ0v) is 18.5. The van der Waals surface area contributed by atoms with E-state index in [1.807, 2.05) is 0 Å². The second-order valence-corrected chi connectivity index (χ2v) is 10.3. The van der Waals surface area contributed by atoms with Crippen LogP contribution in [-0.4, -0.2) is 60.5 Å². The lowest BCUT2D eigenvalue weighted by atomic mass is 10.1. The molecule has 160 valence electrons. The summed E-state index contributed by atoms with van der Waals surface area (Å²) in [4.78, 5) is 43.2. The largest absolute Gasteiger partial charge is 0.300 e. The summed E-state index contributed by atoms with van der Waals surface area (Å²) >= 11 is 1.10. The smallest absolute Gasteiger partial charge is 0.262 e. The number of fused-ring (bicyclic) bond motifs is 2. The fourth-order valence-corrected chi connectivity index (χ4v) is 5.13. The highest BCUT2D eigenvalue weighted by Gasteiger charge is 2.40. The van der Waals surface area contributed by atoms with Crippen LogP contribution < -0.4 is 5.32 Å². The van der Waals surface area contributed by atoms with E-state index in [0.29, 0.717) is 10.2 Å². The number of imide groups is 1. The summed E-state index contributed by atoms with van der Waals surface area (Å²) in [6, 6.07) is 9.86. The minimum absolute atomic E-state index is 0.117. The molecule has 0 fully saturated rings. The van der Waals surface area contributed by atoms with E-state index in [9.17, 15) is 22.8 Å². The fourth-order valence-electron chi connectivity index (χ4n) is 3.22. The predicted molar refractivity (Wildman–Crippen MR) is 116 cm³/mol. The Balaban J connectivity index is 1.56. The molecule has 2 aromatic carbocycles. The minimum atomic E-state index is -3.60. The molecule has 1 atom stereocenters. The van der Waals surface area contributed by atoms with Gasteiger partial charge in [0.2, 0.25) is 15.9 Å². The number of rotatable bonds is 5. The number of thiazole rings is 1. The number of hydrogen-bond acceptors (Lipinski definition) is 7. The summed E-state index contributed by atoms with van der Waals surface area (Å²) in [5, 5.41) is 2.86. The molecule has 0 radical (unpaired) electrons. The van der Waals surface area contributed by atoms with Gasteiger partial charge in [0.25, 0.3) is 11.8 Å². The number of carbonyl (C=O) groups is 3. The number of nitrogens with zero attached hydrogens (tertiary/aromatic N) is 3. The van der Waals surface area contributed by atoms with Gasteiger partial charge in [0, 0.05) is 14.1 Å². The summed E-state index contributed by atoms with van der Waals surface area (Å²) in [5.74, 6) is -1.62. The maximum atomic E-state index is 12.7. The van der Waals surface area contributed by atoms with Gasteiger partial charge in [-0.15, -0.1) is 0 Å². The monoisotopic (exact) mass is 458 g/mol. The minimum Gasteiger partial charge on any atom is -0.300 e. The summed E-state index contributed by atoms with van der Waals surface area (Å²) in [6.07, 6.45) is 0. The van der Waals surface area contributed by atoms with Crippen molar-refractivity contribution in [1.82, 2.24) is 14.2 Å². The molecule has 1 aliphatic rings. The van der Waals surface area contributed by atoms with Gasteiger partial charge in [-0.3, -0.25) is 19.3 Å². The van der Waals surface area contributed by atoms with E-state index in [4.69, 9.17) is 0 Å². The van der Waals surface area contributed by atoms with Crippen LogP contribution in [0.5, 0.6) is 0 Å². The SMILES string of the molecule is C[C@H](C(=O)Nc1nc2ccc(S(=O)(=O)N(C)C)cc2s1)N1C(=O)c2ccccc2C1=O. The number of hydrogen-bond donors (Lipinski definition) is 1. The Morgan fingerprint density at radius 3 is 2.29 bits per heavy atom. The highest BCUT2D eigenvalue weighted by Crippen LogP contribution is 2.30. The molecule has 0 unspecified atom stereocenters. The normalized spacial score (nSPS) is 14.9. The highest BCUT2D eigenvalue weighted by molar-refractivity contribution is 7.89. The Morgan fingerprint density at radius 2 is 1.71 bits per heavy atom. The van der Waals surface area contributed by atoms with Crippen molar-refractivity contribution >= 4 is 54.4 Å². The quantitative estimate of drug-likeness (QED) is 0.586. The zero-order chi connectivity index (χ0) is 22.5. The summed E-state index contributed by atoms with van der Waals surface area (Å²) in [5.41, 5.74) is 1.05. The zero-order valence-electron chi connectivity index (χ0n) is 16.8. The van der Waals surface area contributed by atoms with Crippen LogP contribution in [0.25, 0.3) is 10.2 Å². The van der Waals surface area contributed by atoms with Gasteiger partial charge in [-0.2, -0.15) is 0 Å². The van der Waals surface area contributed by atoms with Gasteiger partial charge >= 0.3 is 0 Å². The second-order valence-electron chi connectivity index (χ2n) is 7.13. The van der Waals surface area contributed by atoms with Crippen molar-refractivity contribution < 1.29 is 22.8 Å². The van der Waals surface area contributed by atoms with Gasteiger partial charge in [0.1, 0.15) is 6.04 Å². The molecule has 1 N–H and O–H groups in total. The van der Waals surface area contributed by atoms with E-state index in [2.05, 4.69) is 10.3 Å². The molecule has 0 saturated heterocycles. The lowest BCUT2D eigenvalue weighted by molar-refractivity contribution is -0.119. The molecule has 0 aliphatic carbocycles. The molecule has 31 heavy (non-hydrogen) atoms. The third kappa shape index (κ3) is 3.50. The van der Waals surface area contributed by atoms with Crippen LogP contribution in [-0.2, 0) is 14.8 Å². The molecule has 0 spiro atoms. The fraction of sp³-hybridized carbons (Fsp3) is 0.200. The average Bonchev–Trinajstić information content (AvgIpc) is 3.25. The molecule has 2 heterocycles. The van der Waals surface area contributed by atoms with Crippen molar-refractivity contribution in [2.75, 3.05) is 19.4 Å². The van der Waals surface area contributed by atoms with Crippen molar-refractivity contribution in [2.24, 2.45) is 0 Å². The van der Waals surface area contributed by atoms with E-state index in [-0.39, 0.29) is 21.2 Å². The molecular formula is C20H18N4O5S2. The van der Waals surface area contributed by atoms with Crippen LogP contribution in [0.1, 0.15) is 27.6 Å². The van der Waals surface area contributed by atoms with Gasteiger partial charge in [-0.1, -0.05) is 23.5 Å². The van der Waals surface area contributed by atoms with Crippen LogP contribution in [0.15, 0.2) is 47.4 Å². The predicted octanol–water partition coefficient (Wildman–Crippen LogP) is 2.17. The molecule has 1 aliphatic heterocycles. The number of amides is 3. The van der Waals surface area contributed by atoms with Crippen LogP contribution in [0, 0.1) is 0 Å². The number of carbonyl (C=O) groups excluding carboxylic acids is 3. The maximum Gasteiger partial charge on any atom is 0.262 e. The third-order valence-corrected chi connectivity index (χ3v) is 7.71. The first kappa shape index (κ1) is 21.1. The molecule has 3 amide bonds. The first-order valence-corrected chi connectivity index (χ1v) is 11.5. The Kier molecular flexibility index (Phi) is 5.12. The number of benzene rings is 2. The lowest BCUT2D eigenvalue weighted by Gasteiger charge is -2.21. The average molecular weight is 459 g/mol. The second kappa shape index (κ2) is 7.52. The van der Waals surface area contributed by atoms with Crippen LogP contribution in [0.4, 0.5) is 5.13 Å². The lowest BCUT2D eigenvalue weighted by Crippen LogP contribution is -2.45. The van der Waals surface area contributed by atoms with E-state index in [1.54, 1.807) is 30.3 Å². The molecular weight excluding hydrogens is 440 g/mol. The van der Waals surface area contributed by atoms with Crippen molar-refractivity contribution in [3.05, 3.63) is 53.6 Å². The standard InChI is InChI=1S/C20H18N4O5S2/c1-11(24-18(26)13-6-4-5-7-14(13)19(24)27)17(25)22-20-21-15-9-8-12(10-16(15)30-20)31(28,29)23(2)3/h4-11H,1-3H3,(H,21,22,25)/t11-/m1/s1. The van der Waals surface area contributed by atoms with E-state index >= 15 is 0 Å². The van der Waals surface area contributed by atoms with E-state index < -0.39 is 33.8 Å². The molecule has 3 aromatic rings. The van der Waals surface area contributed by atoms with Gasteiger partial charge in [-0.05, 0) is 37.3 Å². The third-order valence-electron chi connectivity index (χ3n) is 4.96. The summed E-state index contributed by atoms with van der Waals surface area (Å²) in [7, 11) is -0.716. The van der Waals surface area contributed by atoms with Gasteiger partial charge in [0.15, 0.2) is 5.13 Å². The van der Waals surface area contributed by atoms with E-state index in [0.717, 1.165) is 20.5 Å². The first-order valence-electron chi connectivity index (χ1n) is 9.22. The Labute approximate surface area is 182 Å². The molecule has 0 saturated carbocycles. The number of aromatic nitrogens is 1. The highest BCUT2D eigenvalue weighted by atomic mass is 32.2. The Hall–Kier alpha value is -3.15. The number of sulfonamides is 1. The van der Waals surface area contributed by atoms with Crippen molar-refractivity contribution in [3.63, 3.8) is 0 Å². The van der Waals surface area contributed by atoms with Gasteiger partial charge in [-0.25, -0.2) is 17.7 Å². The Morgan fingerprint density at radius 1 is 1.10 bits per heavy atom. The van der Waals surface area contributed by atoms with Crippen LogP contribution >= 0.6 is 11.3 Å². The van der Waals surface area contributed by atoms with Gasteiger partial charge < -0.3 is 5.32 Å². The first-order chi connectivity index (χ1) is 14.6.